The summed E-state index contributed by atoms with van der Waals surface area (Å²) in [5, 5.41) is 14.3. The van der Waals surface area contributed by atoms with Crippen molar-refractivity contribution in [1.29, 1.82) is 0 Å². The van der Waals surface area contributed by atoms with E-state index in [1.807, 2.05) is 26.8 Å². The van der Waals surface area contributed by atoms with Crippen molar-refractivity contribution in [2.24, 2.45) is 5.41 Å². The van der Waals surface area contributed by atoms with Crippen molar-refractivity contribution in [2.75, 3.05) is 6.61 Å². The molecule has 1 saturated carbocycles. The summed E-state index contributed by atoms with van der Waals surface area (Å²) in [6.07, 6.45) is 1.27. The van der Waals surface area contributed by atoms with Crippen LogP contribution in [0.5, 0.6) is 5.75 Å². The molecule has 1 fully saturated rings. The zero-order valence-corrected chi connectivity index (χ0v) is 20.0. The van der Waals surface area contributed by atoms with E-state index in [2.05, 4.69) is 5.10 Å². The average molecular weight is 479 g/mol. The molecule has 2 heterocycles. The van der Waals surface area contributed by atoms with E-state index in [1.54, 1.807) is 12.1 Å². The molecule has 0 amide bonds. The molecule has 2 aliphatic rings. The number of aromatic nitrogens is 2. The number of halogens is 3. The maximum atomic E-state index is 14.4. The van der Waals surface area contributed by atoms with Gasteiger partial charge in [0.2, 0.25) is 0 Å². The minimum atomic E-state index is -4.76. The normalized spacial score (nSPS) is 18.3. The lowest BCUT2D eigenvalue weighted by Crippen LogP contribution is -2.22. The van der Waals surface area contributed by atoms with Gasteiger partial charge < -0.3 is 9.84 Å². The number of nitrogens with zero attached hydrogens (tertiary/aromatic N) is 2. The van der Waals surface area contributed by atoms with E-state index in [0.29, 0.717) is 17.9 Å². The number of hydrogen-bond acceptors (Lipinski definition) is 3. The molecule has 8 heteroatoms. The maximum absolute atomic E-state index is 14.4. The van der Waals surface area contributed by atoms with Crippen LogP contribution >= 0.6 is 0 Å². The first kappa shape index (κ1) is 24.6. The van der Waals surface area contributed by atoms with E-state index in [4.69, 9.17) is 4.74 Å². The summed E-state index contributed by atoms with van der Waals surface area (Å²) in [6, 6.07) is 5.22. The van der Waals surface area contributed by atoms with Gasteiger partial charge in [0.25, 0.3) is 0 Å². The number of carboxylic acids is 1. The fourth-order valence-electron chi connectivity index (χ4n) is 5.30. The molecule has 0 bridgehead atoms. The average Bonchev–Trinajstić information content (AvgIpc) is 3.18. The molecule has 0 radical (unpaired) electrons. The molecule has 5 nitrogen and oxygen atoms in total. The molecular formula is C26H33F3N2O3. The van der Waals surface area contributed by atoms with E-state index < -0.39 is 29.2 Å². The topological polar surface area (TPSA) is 64.3 Å². The molecule has 1 aromatic heterocycles. The number of carbonyl (C=O) groups is 1. The number of carboxylic acid groups (broad SMARTS) is 1. The summed E-state index contributed by atoms with van der Waals surface area (Å²) >= 11 is 0. The first-order valence-corrected chi connectivity index (χ1v) is 12.1. The molecular weight excluding hydrogens is 445 g/mol. The lowest BCUT2D eigenvalue weighted by Gasteiger charge is -2.27. The third-order valence-electron chi connectivity index (χ3n) is 6.78. The van der Waals surface area contributed by atoms with E-state index in [0.717, 1.165) is 56.3 Å². The van der Waals surface area contributed by atoms with Gasteiger partial charge in [0.05, 0.1) is 24.3 Å². The smallest absolute Gasteiger partial charge is 0.435 e. The Morgan fingerprint density at radius 2 is 1.88 bits per heavy atom. The van der Waals surface area contributed by atoms with Crippen molar-refractivity contribution < 1.29 is 27.8 Å². The van der Waals surface area contributed by atoms with Gasteiger partial charge in [-0.1, -0.05) is 40.0 Å². The third-order valence-corrected chi connectivity index (χ3v) is 6.78. The Bertz CT molecular complexity index is 1050. The number of alkyl halides is 3. The van der Waals surface area contributed by atoms with Crippen LogP contribution in [0.15, 0.2) is 18.2 Å². The fraction of sp³-hybridized carbons (Fsp3) is 0.615. The molecule has 0 spiro atoms. The van der Waals surface area contributed by atoms with Crippen LogP contribution in [0.4, 0.5) is 13.2 Å². The molecule has 2 aromatic rings. The molecule has 0 saturated heterocycles. The third kappa shape index (κ3) is 5.10. The van der Waals surface area contributed by atoms with Crippen molar-refractivity contribution in [1.82, 2.24) is 9.78 Å². The highest BCUT2D eigenvalue weighted by Gasteiger charge is 2.45. The molecule has 1 N–H and O–H groups in total. The van der Waals surface area contributed by atoms with Crippen LogP contribution in [0.1, 0.15) is 94.5 Å². The van der Waals surface area contributed by atoms with Crippen LogP contribution < -0.4 is 4.74 Å². The van der Waals surface area contributed by atoms with E-state index in [9.17, 15) is 23.1 Å². The van der Waals surface area contributed by atoms with Gasteiger partial charge in [-0.15, -0.1) is 0 Å². The number of rotatable bonds is 5. The molecule has 186 valence electrons. The van der Waals surface area contributed by atoms with Gasteiger partial charge in [-0.25, -0.2) is 0 Å². The van der Waals surface area contributed by atoms with Crippen molar-refractivity contribution in [3.63, 3.8) is 0 Å². The maximum Gasteiger partial charge on any atom is 0.435 e. The van der Waals surface area contributed by atoms with Crippen LogP contribution in [-0.4, -0.2) is 27.5 Å². The van der Waals surface area contributed by atoms with Gasteiger partial charge in [0, 0.05) is 11.1 Å². The monoisotopic (exact) mass is 478 g/mol. The largest absolute Gasteiger partial charge is 0.493 e. The van der Waals surface area contributed by atoms with Gasteiger partial charge in [0.1, 0.15) is 5.75 Å². The Balaban J connectivity index is 1.99. The van der Waals surface area contributed by atoms with E-state index in [-0.39, 0.29) is 18.0 Å². The Morgan fingerprint density at radius 1 is 1.18 bits per heavy atom. The standard InChI is InChI=1S/C26H33F3N2O3/c1-25(2,3)15-19(24(32)33)21-22(17-11-12-20-16(14-17)8-7-13-34-20)31(18-9-5-4-6-10-18)30-23(21)26(27,28)29/h11-12,14,18-19H,4-10,13,15H2,1-3H3,(H,32,33). The summed E-state index contributed by atoms with van der Waals surface area (Å²) in [7, 11) is 0. The minimum Gasteiger partial charge on any atom is -0.493 e. The fourth-order valence-corrected chi connectivity index (χ4v) is 5.30. The van der Waals surface area contributed by atoms with E-state index >= 15 is 0 Å². The molecule has 1 aromatic carbocycles. The van der Waals surface area contributed by atoms with Crippen molar-refractivity contribution in [2.45, 2.75) is 90.3 Å². The number of hydrogen-bond donors (Lipinski definition) is 1. The summed E-state index contributed by atoms with van der Waals surface area (Å²) in [5.41, 5.74) is 0.0373. The molecule has 4 rings (SSSR count). The molecule has 1 aliphatic heterocycles. The van der Waals surface area contributed by atoms with Crippen molar-refractivity contribution in [3.05, 3.63) is 35.0 Å². The Morgan fingerprint density at radius 3 is 2.50 bits per heavy atom. The van der Waals surface area contributed by atoms with Gasteiger partial charge in [-0.2, -0.15) is 18.3 Å². The summed E-state index contributed by atoms with van der Waals surface area (Å²) in [6.45, 7) is 6.15. The van der Waals surface area contributed by atoms with Gasteiger partial charge in [0.15, 0.2) is 5.69 Å². The minimum absolute atomic E-state index is 0.0722. The Hall–Kier alpha value is -2.51. The molecule has 1 aliphatic carbocycles. The second-order valence-electron chi connectivity index (χ2n) is 10.8. The molecule has 1 unspecified atom stereocenters. The Kier molecular flexibility index (Phi) is 6.71. The van der Waals surface area contributed by atoms with Crippen LogP contribution in [0, 0.1) is 5.41 Å². The zero-order chi connectivity index (χ0) is 24.7. The number of aliphatic carboxylic acids is 1. The second-order valence-corrected chi connectivity index (χ2v) is 10.8. The highest BCUT2D eigenvalue weighted by Crippen LogP contribution is 2.46. The molecule has 1 atom stereocenters. The summed E-state index contributed by atoms with van der Waals surface area (Å²) in [5.74, 6) is -1.84. The lowest BCUT2D eigenvalue weighted by atomic mass is 9.79. The van der Waals surface area contributed by atoms with Crippen molar-refractivity contribution in [3.8, 4) is 17.0 Å². The van der Waals surface area contributed by atoms with Crippen LogP contribution in [0.2, 0.25) is 0 Å². The predicted molar refractivity (Wildman–Crippen MR) is 123 cm³/mol. The highest BCUT2D eigenvalue weighted by molar-refractivity contribution is 5.81. The SMILES string of the molecule is CC(C)(C)CC(C(=O)O)c1c(C(F)(F)F)nn(C2CCCCC2)c1-c1ccc2c(c1)CCCO2. The lowest BCUT2D eigenvalue weighted by molar-refractivity contribution is -0.144. The second kappa shape index (κ2) is 9.27. The summed E-state index contributed by atoms with van der Waals surface area (Å²) < 4.78 is 50.3. The number of fused-ring (bicyclic) bond motifs is 1. The molecule has 34 heavy (non-hydrogen) atoms. The van der Waals surface area contributed by atoms with Crippen LogP contribution in [0.3, 0.4) is 0 Å². The zero-order valence-electron chi connectivity index (χ0n) is 20.0. The quantitative estimate of drug-likeness (QED) is 0.502. The number of ether oxygens (including phenoxy) is 1. The van der Waals surface area contributed by atoms with Crippen LogP contribution in [0.25, 0.3) is 11.3 Å². The van der Waals surface area contributed by atoms with Gasteiger partial charge >= 0.3 is 12.1 Å². The van der Waals surface area contributed by atoms with E-state index in [1.165, 1.54) is 4.68 Å². The first-order chi connectivity index (χ1) is 16.0. The predicted octanol–water partition coefficient (Wildman–Crippen LogP) is 7.00. The van der Waals surface area contributed by atoms with Gasteiger partial charge in [-0.3, -0.25) is 9.48 Å². The number of aryl methyl sites for hydroxylation is 1. The van der Waals surface area contributed by atoms with Crippen molar-refractivity contribution >= 4 is 5.97 Å². The highest BCUT2D eigenvalue weighted by atomic mass is 19.4. The number of benzene rings is 1. The van der Waals surface area contributed by atoms with Gasteiger partial charge in [-0.05, 0) is 61.3 Å². The Labute approximate surface area is 198 Å². The summed E-state index contributed by atoms with van der Waals surface area (Å²) in [4.78, 5) is 12.4. The van der Waals surface area contributed by atoms with Crippen LogP contribution in [-0.2, 0) is 17.4 Å². The first-order valence-electron chi connectivity index (χ1n) is 12.1.